The van der Waals surface area contributed by atoms with Gasteiger partial charge in [0, 0.05) is 12.2 Å². The Kier molecular flexibility index (Phi) is 4.12. The van der Waals surface area contributed by atoms with Crippen molar-refractivity contribution in [2.45, 2.75) is 18.9 Å². The molecule has 1 aliphatic rings. The zero-order chi connectivity index (χ0) is 12.3. The van der Waals surface area contributed by atoms with E-state index in [1.54, 1.807) is 0 Å². The van der Waals surface area contributed by atoms with Gasteiger partial charge in [0.05, 0.1) is 10.6 Å². The first-order valence-corrected chi connectivity index (χ1v) is 6.94. The van der Waals surface area contributed by atoms with Crippen LogP contribution in [0, 0.1) is 0 Å². The zero-order valence-electron chi connectivity index (χ0n) is 9.15. The van der Waals surface area contributed by atoms with Gasteiger partial charge in [-0.15, -0.1) is 0 Å². The highest BCUT2D eigenvalue weighted by molar-refractivity contribution is 7.99. The monoisotopic (exact) mass is 272 g/mol. The number of carboxylic acid groups (broad SMARTS) is 1. The molecule has 0 amide bonds. The number of rotatable bonds is 3. The lowest BCUT2D eigenvalue weighted by molar-refractivity contribution is 0.0697. The molecule has 1 aromatic rings. The Labute approximate surface area is 109 Å². The van der Waals surface area contributed by atoms with Gasteiger partial charge in [-0.05, 0) is 30.4 Å². The second-order valence-corrected chi connectivity index (χ2v) is 5.46. The Balaban J connectivity index is 2.15. The molecule has 0 aliphatic carbocycles. The number of aromatic carboxylic acids is 1. The van der Waals surface area contributed by atoms with E-state index in [4.69, 9.17) is 16.7 Å². The van der Waals surface area contributed by atoms with E-state index < -0.39 is 5.97 Å². The minimum absolute atomic E-state index is 0.0920. The van der Waals surface area contributed by atoms with Crippen molar-refractivity contribution in [2.75, 3.05) is 16.8 Å². The fourth-order valence-electron chi connectivity index (χ4n) is 1.74. The summed E-state index contributed by atoms with van der Waals surface area (Å²) in [6.07, 6.45) is 3.58. The molecule has 2 rings (SSSR count). The highest BCUT2D eigenvalue weighted by Crippen LogP contribution is 2.27. The maximum Gasteiger partial charge on any atom is 0.337 e. The van der Waals surface area contributed by atoms with Gasteiger partial charge in [0.15, 0.2) is 0 Å². The summed E-state index contributed by atoms with van der Waals surface area (Å²) in [5, 5.41) is 12.4. The molecule has 0 aromatic carbocycles. The number of carboxylic acids is 1. The lowest BCUT2D eigenvalue weighted by atomic mass is 10.1. The quantitative estimate of drug-likeness (QED) is 0.886. The van der Waals surface area contributed by atoms with E-state index in [-0.39, 0.29) is 10.6 Å². The summed E-state index contributed by atoms with van der Waals surface area (Å²) >= 11 is 7.95. The molecule has 1 aliphatic heterocycles. The minimum atomic E-state index is -1.03. The summed E-state index contributed by atoms with van der Waals surface area (Å²) in [5.74, 6) is 1.69. The number of nitrogens with zero attached hydrogens (tertiary/aromatic N) is 1. The van der Waals surface area contributed by atoms with Crippen LogP contribution in [0.25, 0.3) is 0 Å². The van der Waals surface area contributed by atoms with Gasteiger partial charge in [0.25, 0.3) is 0 Å². The summed E-state index contributed by atoms with van der Waals surface area (Å²) in [4.78, 5) is 15.0. The number of aromatic nitrogens is 1. The predicted molar refractivity (Wildman–Crippen MR) is 70.2 cm³/mol. The fourth-order valence-corrected chi connectivity index (χ4v) is 3.10. The first-order chi connectivity index (χ1) is 8.18. The van der Waals surface area contributed by atoms with Crippen molar-refractivity contribution in [3.63, 3.8) is 0 Å². The second kappa shape index (κ2) is 5.60. The van der Waals surface area contributed by atoms with Crippen LogP contribution in [-0.2, 0) is 0 Å². The van der Waals surface area contributed by atoms with Crippen LogP contribution in [0.4, 0.5) is 5.82 Å². The molecule has 92 valence electrons. The van der Waals surface area contributed by atoms with Crippen LogP contribution in [0.15, 0.2) is 12.3 Å². The maximum atomic E-state index is 10.9. The average molecular weight is 273 g/mol. The molecule has 0 bridgehead atoms. The standard InChI is InChI=1S/C11H13ClN2O2S/c12-9-8(11(15)16)1-4-13-10(9)14-7-2-5-17-6-3-7/h1,4,7H,2-3,5-6H2,(H,13,14)(H,15,16). The first kappa shape index (κ1) is 12.5. The number of nitrogens with one attached hydrogen (secondary N) is 1. The third-order valence-electron chi connectivity index (χ3n) is 2.68. The van der Waals surface area contributed by atoms with Gasteiger partial charge in [0.1, 0.15) is 5.82 Å². The van der Waals surface area contributed by atoms with Gasteiger partial charge in [-0.25, -0.2) is 9.78 Å². The second-order valence-electron chi connectivity index (χ2n) is 3.86. The van der Waals surface area contributed by atoms with E-state index in [0.717, 1.165) is 24.3 Å². The molecule has 0 spiro atoms. The fraction of sp³-hybridized carbons (Fsp3) is 0.455. The van der Waals surface area contributed by atoms with E-state index in [1.165, 1.54) is 12.3 Å². The Morgan fingerprint density at radius 2 is 2.24 bits per heavy atom. The molecule has 0 saturated carbocycles. The third kappa shape index (κ3) is 3.04. The first-order valence-electron chi connectivity index (χ1n) is 5.40. The van der Waals surface area contributed by atoms with Gasteiger partial charge in [0.2, 0.25) is 0 Å². The molecule has 1 aromatic heterocycles. The van der Waals surface area contributed by atoms with Crippen molar-refractivity contribution >= 4 is 35.1 Å². The number of pyridine rings is 1. The van der Waals surface area contributed by atoms with Gasteiger partial charge < -0.3 is 10.4 Å². The van der Waals surface area contributed by atoms with Crippen molar-refractivity contribution < 1.29 is 9.90 Å². The maximum absolute atomic E-state index is 10.9. The molecule has 4 nitrogen and oxygen atoms in total. The average Bonchev–Trinajstić information content (AvgIpc) is 2.33. The van der Waals surface area contributed by atoms with E-state index in [9.17, 15) is 4.79 Å². The minimum Gasteiger partial charge on any atom is -0.478 e. The largest absolute Gasteiger partial charge is 0.478 e. The SMILES string of the molecule is O=C(O)c1ccnc(NC2CCSCC2)c1Cl. The van der Waals surface area contributed by atoms with Crippen molar-refractivity contribution in [3.05, 3.63) is 22.8 Å². The summed E-state index contributed by atoms with van der Waals surface area (Å²) < 4.78 is 0. The van der Waals surface area contributed by atoms with Gasteiger partial charge in [-0.2, -0.15) is 11.8 Å². The third-order valence-corrected chi connectivity index (χ3v) is 4.11. The lowest BCUT2D eigenvalue weighted by Gasteiger charge is -2.23. The molecule has 2 N–H and O–H groups in total. The lowest BCUT2D eigenvalue weighted by Crippen LogP contribution is -2.25. The van der Waals surface area contributed by atoms with Crippen molar-refractivity contribution in [3.8, 4) is 0 Å². The molecule has 17 heavy (non-hydrogen) atoms. The summed E-state index contributed by atoms with van der Waals surface area (Å²) in [5.41, 5.74) is 0.0920. The van der Waals surface area contributed by atoms with Crippen LogP contribution in [0.1, 0.15) is 23.2 Å². The van der Waals surface area contributed by atoms with Gasteiger partial charge in [-0.1, -0.05) is 11.6 Å². The normalized spacial score (nSPS) is 16.8. The van der Waals surface area contributed by atoms with Crippen LogP contribution < -0.4 is 5.32 Å². The number of hydrogen-bond acceptors (Lipinski definition) is 4. The van der Waals surface area contributed by atoms with Crippen LogP contribution in [-0.4, -0.2) is 33.6 Å². The van der Waals surface area contributed by atoms with Crippen LogP contribution in [0.2, 0.25) is 5.02 Å². The Morgan fingerprint density at radius 3 is 2.88 bits per heavy atom. The molecule has 1 fully saturated rings. The van der Waals surface area contributed by atoms with E-state index >= 15 is 0 Å². The van der Waals surface area contributed by atoms with E-state index in [2.05, 4.69) is 10.3 Å². The Hall–Kier alpha value is -0.940. The molecular weight excluding hydrogens is 260 g/mol. The molecule has 2 heterocycles. The number of hydrogen-bond donors (Lipinski definition) is 2. The summed E-state index contributed by atoms with van der Waals surface area (Å²) in [6, 6.07) is 1.75. The molecule has 0 unspecified atom stereocenters. The highest BCUT2D eigenvalue weighted by atomic mass is 35.5. The highest BCUT2D eigenvalue weighted by Gasteiger charge is 2.18. The van der Waals surface area contributed by atoms with Gasteiger partial charge in [-0.3, -0.25) is 0 Å². The summed E-state index contributed by atoms with van der Waals surface area (Å²) in [6.45, 7) is 0. The van der Waals surface area contributed by atoms with Crippen LogP contribution in [0.5, 0.6) is 0 Å². The topological polar surface area (TPSA) is 62.2 Å². The molecule has 1 saturated heterocycles. The zero-order valence-corrected chi connectivity index (χ0v) is 10.7. The van der Waals surface area contributed by atoms with E-state index in [0.29, 0.717) is 11.9 Å². The van der Waals surface area contributed by atoms with Crippen molar-refractivity contribution in [1.82, 2.24) is 4.98 Å². The molecule has 0 radical (unpaired) electrons. The van der Waals surface area contributed by atoms with Crippen molar-refractivity contribution in [1.29, 1.82) is 0 Å². The van der Waals surface area contributed by atoms with E-state index in [1.807, 2.05) is 11.8 Å². The summed E-state index contributed by atoms with van der Waals surface area (Å²) in [7, 11) is 0. The number of halogens is 1. The van der Waals surface area contributed by atoms with Crippen molar-refractivity contribution in [2.24, 2.45) is 0 Å². The van der Waals surface area contributed by atoms with Gasteiger partial charge >= 0.3 is 5.97 Å². The van der Waals surface area contributed by atoms with Crippen LogP contribution >= 0.6 is 23.4 Å². The number of anilines is 1. The number of thioether (sulfide) groups is 1. The Morgan fingerprint density at radius 1 is 1.53 bits per heavy atom. The number of carbonyl (C=O) groups is 1. The molecule has 0 atom stereocenters. The Bertz CT molecular complexity index is 422. The molecular formula is C11H13ClN2O2S. The van der Waals surface area contributed by atoms with Crippen LogP contribution in [0.3, 0.4) is 0 Å². The molecule has 6 heteroatoms. The smallest absolute Gasteiger partial charge is 0.337 e. The predicted octanol–water partition coefficient (Wildman–Crippen LogP) is 2.74.